The third kappa shape index (κ3) is 3.28. The highest BCUT2D eigenvalue weighted by Gasteiger charge is 2.37. The van der Waals surface area contributed by atoms with E-state index in [1.807, 2.05) is 4.90 Å². The lowest BCUT2D eigenvalue weighted by Crippen LogP contribution is -2.43. The van der Waals surface area contributed by atoms with E-state index in [-0.39, 0.29) is 17.8 Å². The summed E-state index contributed by atoms with van der Waals surface area (Å²) < 4.78 is 13.0. The van der Waals surface area contributed by atoms with Crippen molar-refractivity contribution in [2.24, 2.45) is 5.92 Å². The van der Waals surface area contributed by atoms with Crippen molar-refractivity contribution in [2.75, 3.05) is 0 Å². The maximum absolute atomic E-state index is 13.0. The van der Waals surface area contributed by atoms with Crippen LogP contribution in [0.5, 0.6) is 0 Å². The number of halogens is 1. The van der Waals surface area contributed by atoms with E-state index >= 15 is 0 Å². The average Bonchev–Trinajstić information content (AvgIpc) is 3.23. The van der Waals surface area contributed by atoms with Crippen LogP contribution in [0.2, 0.25) is 0 Å². The first-order chi connectivity index (χ1) is 11.0. The van der Waals surface area contributed by atoms with E-state index in [0.717, 1.165) is 18.4 Å². The number of amides is 1. The Balaban J connectivity index is 1.83. The molecule has 0 bridgehead atoms. The Morgan fingerprint density at radius 1 is 1.26 bits per heavy atom. The molecule has 4 nitrogen and oxygen atoms in total. The van der Waals surface area contributed by atoms with Gasteiger partial charge in [0, 0.05) is 17.6 Å². The molecule has 122 valence electrons. The van der Waals surface area contributed by atoms with Gasteiger partial charge in [0.1, 0.15) is 11.5 Å². The van der Waals surface area contributed by atoms with Gasteiger partial charge >= 0.3 is 0 Å². The number of H-pyrrole nitrogens is 1. The number of carbonyl (C=O) groups excluding carboxylic acids is 1. The zero-order chi connectivity index (χ0) is 16.6. The number of carbonyl (C=O) groups is 1. The minimum Gasteiger partial charge on any atom is -0.331 e. The second-order valence-corrected chi connectivity index (χ2v) is 6.60. The van der Waals surface area contributed by atoms with Crippen molar-refractivity contribution in [3.8, 4) is 11.3 Å². The molecule has 1 aliphatic rings. The highest BCUT2D eigenvalue weighted by atomic mass is 19.1. The zero-order valence-electron chi connectivity index (χ0n) is 13.7. The van der Waals surface area contributed by atoms with E-state index in [0.29, 0.717) is 23.3 Å². The molecular formula is C18H22FN3O. The molecule has 23 heavy (non-hydrogen) atoms. The maximum Gasteiger partial charge on any atom is 0.272 e. The van der Waals surface area contributed by atoms with Crippen LogP contribution in [0.25, 0.3) is 11.3 Å². The largest absolute Gasteiger partial charge is 0.331 e. The van der Waals surface area contributed by atoms with Crippen LogP contribution >= 0.6 is 0 Å². The summed E-state index contributed by atoms with van der Waals surface area (Å²) in [6, 6.07) is 8.39. The van der Waals surface area contributed by atoms with Crippen LogP contribution in [0.1, 0.15) is 44.1 Å². The first-order valence-corrected chi connectivity index (χ1v) is 8.11. The molecule has 0 aliphatic heterocycles. The number of nitrogens with zero attached hydrogens (tertiary/aromatic N) is 2. The normalized spacial score (nSPS) is 15.7. The second kappa shape index (κ2) is 6.14. The van der Waals surface area contributed by atoms with Crippen molar-refractivity contribution in [3.05, 3.63) is 41.8 Å². The molecule has 0 saturated heterocycles. The van der Waals surface area contributed by atoms with E-state index in [1.54, 1.807) is 18.2 Å². The predicted molar refractivity (Wildman–Crippen MR) is 87.5 cm³/mol. The molecule has 1 aromatic carbocycles. The predicted octanol–water partition coefficient (Wildman–Crippen LogP) is 3.86. The van der Waals surface area contributed by atoms with Gasteiger partial charge in [-0.15, -0.1) is 0 Å². The summed E-state index contributed by atoms with van der Waals surface area (Å²) >= 11 is 0. The Labute approximate surface area is 135 Å². The Hall–Kier alpha value is -2.17. The quantitative estimate of drug-likeness (QED) is 0.910. The summed E-state index contributed by atoms with van der Waals surface area (Å²) in [6.07, 6.45) is 2.14. The summed E-state index contributed by atoms with van der Waals surface area (Å²) in [4.78, 5) is 14.8. The lowest BCUT2D eigenvalue weighted by atomic mass is 10.0. The highest BCUT2D eigenvalue weighted by Crippen LogP contribution is 2.32. The van der Waals surface area contributed by atoms with Crippen molar-refractivity contribution in [2.45, 2.75) is 45.7 Å². The minimum atomic E-state index is -0.286. The molecular weight excluding hydrogens is 293 g/mol. The van der Waals surface area contributed by atoms with Crippen LogP contribution in [0.15, 0.2) is 30.3 Å². The topological polar surface area (TPSA) is 49.0 Å². The molecule has 1 amide bonds. The van der Waals surface area contributed by atoms with Crippen LogP contribution in [-0.4, -0.2) is 33.1 Å². The molecule has 2 aromatic rings. The lowest BCUT2D eigenvalue weighted by molar-refractivity contribution is 0.0621. The van der Waals surface area contributed by atoms with Gasteiger partial charge in [0.05, 0.1) is 5.69 Å². The van der Waals surface area contributed by atoms with Crippen molar-refractivity contribution in [1.82, 2.24) is 15.1 Å². The fraction of sp³-hybridized carbons (Fsp3) is 0.444. The summed E-state index contributed by atoms with van der Waals surface area (Å²) in [5.74, 6) is 0.111. The molecule has 1 heterocycles. The number of hydrogen-bond acceptors (Lipinski definition) is 2. The highest BCUT2D eigenvalue weighted by molar-refractivity contribution is 5.94. The molecule has 1 saturated carbocycles. The Morgan fingerprint density at radius 3 is 2.48 bits per heavy atom. The van der Waals surface area contributed by atoms with E-state index in [9.17, 15) is 9.18 Å². The number of nitrogens with one attached hydrogen (secondary N) is 1. The van der Waals surface area contributed by atoms with Gasteiger partial charge in [0.2, 0.25) is 0 Å². The number of aromatic amines is 1. The van der Waals surface area contributed by atoms with Gasteiger partial charge in [-0.2, -0.15) is 5.10 Å². The van der Waals surface area contributed by atoms with Gasteiger partial charge in [-0.3, -0.25) is 9.89 Å². The second-order valence-electron chi connectivity index (χ2n) is 6.60. The van der Waals surface area contributed by atoms with Crippen molar-refractivity contribution >= 4 is 5.91 Å². The van der Waals surface area contributed by atoms with Gasteiger partial charge in [0.15, 0.2) is 0 Å². The fourth-order valence-corrected chi connectivity index (χ4v) is 2.70. The zero-order valence-corrected chi connectivity index (χ0v) is 13.7. The molecule has 0 radical (unpaired) electrons. The minimum absolute atomic E-state index is 0.00504. The first kappa shape index (κ1) is 15.7. The van der Waals surface area contributed by atoms with Crippen LogP contribution in [0, 0.1) is 11.7 Å². The molecule has 1 fully saturated rings. The van der Waals surface area contributed by atoms with Crippen LogP contribution in [0.4, 0.5) is 4.39 Å². The molecule has 1 atom stereocenters. The smallest absolute Gasteiger partial charge is 0.272 e. The molecule has 1 N–H and O–H groups in total. The third-order valence-corrected chi connectivity index (χ3v) is 4.53. The van der Waals surface area contributed by atoms with Crippen molar-refractivity contribution in [3.63, 3.8) is 0 Å². The molecule has 1 aliphatic carbocycles. The van der Waals surface area contributed by atoms with E-state index < -0.39 is 0 Å². The van der Waals surface area contributed by atoms with E-state index in [1.165, 1.54) is 12.1 Å². The molecule has 0 spiro atoms. The lowest BCUT2D eigenvalue weighted by Gasteiger charge is -2.31. The number of aromatic nitrogens is 2. The van der Waals surface area contributed by atoms with Crippen molar-refractivity contribution < 1.29 is 9.18 Å². The molecule has 1 aromatic heterocycles. The van der Waals surface area contributed by atoms with Gasteiger partial charge < -0.3 is 4.90 Å². The maximum atomic E-state index is 13.0. The van der Waals surface area contributed by atoms with Gasteiger partial charge in [-0.1, -0.05) is 13.8 Å². The average molecular weight is 315 g/mol. The molecule has 0 unspecified atom stereocenters. The van der Waals surface area contributed by atoms with Gasteiger partial charge in [-0.05, 0) is 56.0 Å². The van der Waals surface area contributed by atoms with Gasteiger partial charge in [0.25, 0.3) is 5.91 Å². The first-order valence-electron chi connectivity index (χ1n) is 8.11. The fourth-order valence-electron chi connectivity index (χ4n) is 2.70. The van der Waals surface area contributed by atoms with Crippen LogP contribution < -0.4 is 0 Å². The summed E-state index contributed by atoms with van der Waals surface area (Å²) in [5, 5.41) is 7.05. The number of rotatable bonds is 5. The summed E-state index contributed by atoms with van der Waals surface area (Å²) in [6.45, 7) is 6.35. The SMILES string of the molecule is CC(C)[C@@H](C)N(C(=O)c1cc(-c2ccc(F)cc2)n[nH]1)C1CC1. The Morgan fingerprint density at radius 2 is 1.91 bits per heavy atom. The van der Waals surface area contributed by atoms with Crippen LogP contribution in [0.3, 0.4) is 0 Å². The monoisotopic (exact) mass is 315 g/mol. The molecule has 3 rings (SSSR count). The Kier molecular flexibility index (Phi) is 4.20. The number of hydrogen-bond donors (Lipinski definition) is 1. The van der Waals surface area contributed by atoms with Gasteiger partial charge in [-0.25, -0.2) is 4.39 Å². The van der Waals surface area contributed by atoms with Crippen molar-refractivity contribution in [1.29, 1.82) is 0 Å². The van der Waals surface area contributed by atoms with E-state index in [4.69, 9.17) is 0 Å². The summed E-state index contributed by atoms with van der Waals surface area (Å²) in [7, 11) is 0. The number of benzene rings is 1. The Bertz CT molecular complexity index is 689. The van der Waals surface area contributed by atoms with E-state index in [2.05, 4.69) is 31.0 Å². The standard InChI is InChI=1S/C18H22FN3O/c1-11(2)12(3)22(15-8-9-15)18(23)17-10-16(20-21-17)13-4-6-14(19)7-5-13/h4-7,10-12,15H,8-9H2,1-3H3,(H,20,21)/t12-/m1/s1. The third-order valence-electron chi connectivity index (χ3n) is 4.53. The summed E-state index contributed by atoms with van der Waals surface area (Å²) in [5.41, 5.74) is 1.93. The van der Waals surface area contributed by atoms with Crippen LogP contribution in [-0.2, 0) is 0 Å². The molecule has 5 heteroatoms.